The first-order valence-corrected chi connectivity index (χ1v) is 5.58. The lowest BCUT2D eigenvalue weighted by Crippen LogP contribution is -2.08. The van der Waals surface area contributed by atoms with E-state index in [2.05, 4.69) is 4.98 Å². The number of carbonyl (C=O) groups excluding carboxylic acids is 1. The van der Waals surface area contributed by atoms with Gasteiger partial charge in [-0.05, 0) is 29.8 Å². The quantitative estimate of drug-likeness (QED) is 0.796. The number of methoxy groups -OCH3 is 1. The molecule has 0 radical (unpaired) electrons. The molecule has 2 rings (SSSR count). The van der Waals surface area contributed by atoms with Crippen LogP contribution >= 0.6 is 0 Å². The molecule has 0 spiro atoms. The zero-order valence-electron chi connectivity index (χ0n) is 10.2. The van der Waals surface area contributed by atoms with E-state index in [-0.39, 0.29) is 17.9 Å². The van der Waals surface area contributed by atoms with Crippen LogP contribution in [0.2, 0.25) is 0 Å². The second-order valence-electron chi connectivity index (χ2n) is 3.90. The highest BCUT2D eigenvalue weighted by Crippen LogP contribution is 2.18. The molecule has 1 aromatic heterocycles. The summed E-state index contributed by atoms with van der Waals surface area (Å²) < 4.78 is 30.9. The molecule has 0 fully saturated rings. The third-order valence-electron chi connectivity index (χ3n) is 2.60. The highest BCUT2D eigenvalue weighted by Gasteiger charge is 2.14. The topological polar surface area (TPSA) is 39.2 Å². The molecule has 1 heterocycles. The maximum atomic E-state index is 13.1. The highest BCUT2D eigenvalue weighted by atomic mass is 19.2. The number of rotatable bonds is 4. The van der Waals surface area contributed by atoms with Gasteiger partial charge in [-0.25, -0.2) is 13.8 Å². The molecule has 0 aliphatic heterocycles. The standard InChI is InChI=1S/C14H11F2NO2/c1-19-13-3-2-6-17-14(13)12(18)8-9-4-5-10(15)11(16)7-9/h2-7H,8H2,1H3. The fourth-order valence-corrected chi connectivity index (χ4v) is 1.68. The molecular formula is C14H11F2NO2. The van der Waals surface area contributed by atoms with Crippen molar-refractivity contribution in [2.75, 3.05) is 7.11 Å². The van der Waals surface area contributed by atoms with E-state index in [0.717, 1.165) is 12.1 Å². The minimum atomic E-state index is -0.974. The molecule has 19 heavy (non-hydrogen) atoms. The SMILES string of the molecule is COc1cccnc1C(=O)Cc1ccc(F)c(F)c1. The number of ketones is 1. The van der Waals surface area contributed by atoms with Gasteiger partial charge in [-0.15, -0.1) is 0 Å². The van der Waals surface area contributed by atoms with Crippen LogP contribution < -0.4 is 4.74 Å². The van der Waals surface area contributed by atoms with Crippen LogP contribution in [0.3, 0.4) is 0 Å². The Morgan fingerprint density at radius 1 is 1.26 bits per heavy atom. The number of ether oxygens (including phenoxy) is 1. The van der Waals surface area contributed by atoms with Crippen LogP contribution in [0, 0.1) is 11.6 Å². The van der Waals surface area contributed by atoms with Gasteiger partial charge >= 0.3 is 0 Å². The van der Waals surface area contributed by atoms with Gasteiger partial charge in [0.05, 0.1) is 7.11 Å². The molecule has 0 aliphatic rings. The lowest BCUT2D eigenvalue weighted by atomic mass is 10.1. The minimum Gasteiger partial charge on any atom is -0.494 e. The number of halogens is 2. The van der Waals surface area contributed by atoms with Crippen molar-refractivity contribution in [2.45, 2.75) is 6.42 Å². The van der Waals surface area contributed by atoms with Crippen molar-refractivity contribution in [2.24, 2.45) is 0 Å². The third kappa shape index (κ3) is 2.93. The number of benzene rings is 1. The van der Waals surface area contributed by atoms with E-state index in [0.29, 0.717) is 11.3 Å². The summed E-state index contributed by atoms with van der Waals surface area (Å²) in [4.78, 5) is 16.0. The van der Waals surface area contributed by atoms with E-state index in [1.165, 1.54) is 19.4 Å². The Morgan fingerprint density at radius 2 is 2.05 bits per heavy atom. The van der Waals surface area contributed by atoms with Crippen molar-refractivity contribution in [3.8, 4) is 5.75 Å². The zero-order valence-corrected chi connectivity index (χ0v) is 10.2. The average molecular weight is 263 g/mol. The van der Waals surface area contributed by atoms with Crippen LogP contribution in [0.1, 0.15) is 16.1 Å². The van der Waals surface area contributed by atoms with Gasteiger partial charge in [0.25, 0.3) is 0 Å². The van der Waals surface area contributed by atoms with Crippen LogP contribution in [0.25, 0.3) is 0 Å². The molecule has 2 aromatic rings. The van der Waals surface area contributed by atoms with Crippen LogP contribution in [-0.2, 0) is 6.42 Å². The largest absolute Gasteiger partial charge is 0.494 e. The fraction of sp³-hybridized carbons (Fsp3) is 0.143. The normalized spacial score (nSPS) is 10.3. The lowest BCUT2D eigenvalue weighted by Gasteiger charge is -2.06. The molecular weight excluding hydrogens is 252 g/mol. The maximum Gasteiger partial charge on any atom is 0.189 e. The first kappa shape index (κ1) is 13.1. The van der Waals surface area contributed by atoms with Crippen LogP contribution in [-0.4, -0.2) is 17.9 Å². The first-order chi connectivity index (χ1) is 9.11. The molecule has 0 amide bonds. The highest BCUT2D eigenvalue weighted by molar-refractivity contribution is 5.98. The Hall–Kier alpha value is -2.30. The second kappa shape index (κ2) is 5.56. The van der Waals surface area contributed by atoms with Crippen molar-refractivity contribution in [1.82, 2.24) is 4.98 Å². The summed E-state index contributed by atoms with van der Waals surface area (Å²) in [5.74, 6) is -1.87. The number of hydrogen-bond donors (Lipinski definition) is 0. The predicted octanol–water partition coefficient (Wildman–Crippen LogP) is 2.79. The zero-order chi connectivity index (χ0) is 13.8. The number of pyridine rings is 1. The van der Waals surface area contributed by atoms with Crippen LogP contribution in [0.5, 0.6) is 5.75 Å². The molecule has 0 saturated heterocycles. The van der Waals surface area contributed by atoms with Crippen molar-refractivity contribution in [3.05, 3.63) is 59.4 Å². The van der Waals surface area contributed by atoms with Gasteiger partial charge in [-0.2, -0.15) is 0 Å². The summed E-state index contributed by atoms with van der Waals surface area (Å²) in [7, 11) is 1.44. The summed E-state index contributed by atoms with van der Waals surface area (Å²) in [6, 6.07) is 6.63. The smallest absolute Gasteiger partial charge is 0.189 e. The predicted molar refractivity (Wildman–Crippen MR) is 65.2 cm³/mol. The number of hydrogen-bond acceptors (Lipinski definition) is 3. The van der Waals surface area contributed by atoms with Crippen molar-refractivity contribution in [1.29, 1.82) is 0 Å². The third-order valence-corrected chi connectivity index (χ3v) is 2.60. The van der Waals surface area contributed by atoms with E-state index in [1.54, 1.807) is 12.1 Å². The fourth-order valence-electron chi connectivity index (χ4n) is 1.68. The first-order valence-electron chi connectivity index (χ1n) is 5.58. The molecule has 0 aliphatic carbocycles. The van der Waals surface area contributed by atoms with Crippen molar-refractivity contribution < 1.29 is 18.3 Å². The Balaban J connectivity index is 2.23. The van der Waals surface area contributed by atoms with Gasteiger partial charge in [0.2, 0.25) is 0 Å². The lowest BCUT2D eigenvalue weighted by molar-refractivity contribution is 0.0985. The summed E-state index contributed by atoms with van der Waals surface area (Å²) >= 11 is 0. The Morgan fingerprint density at radius 3 is 2.74 bits per heavy atom. The van der Waals surface area contributed by atoms with Gasteiger partial charge in [0.15, 0.2) is 17.4 Å². The summed E-state index contributed by atoms with van der Waals surface area (Å²) in [6.07, 6.45) is 1.41. The van der Waals surface area contributed by atoms with Crippen LogP contribution in [0.15, 0.2) is 36.5 Å². The molecule has 3 nitrogen and oxygen atoms in total. The number of Topliss-reactive ketones (excluding diaryl/α,β-unsaturated/α-hetero) is 1. The second-order valence-corrected chi connectivity index (χ2v) is 3.90. The number of carbonyl (C=O) groups is 1. The van der Waals surface area contributed by atoms with Crippen LogP contribution in [0.4, 0.5) is 8.78 Å². The van der Waals surface area contributed by atoms with Gasteiger partial charge in [-0.1, -0.05) is 6.07 Å². The Kier molecular flexibility index (Phi) is 3.85. The molecule has 0 N–H and O–H groups in total. The Labute approximate surface area is 108 Å². The summed E-state index contributed by atoms with van der Waals surface area (Å²) in [5.41, 5.74) is 0.561. The van der Waals surface area contributed by atoms with Crippen molar-refractivity contribution >= 4 is 5.78 Å². The molecule has 0 unspecified atom stereocenters. The minimum absolute atomic E-state index is 0.0649. The van der Waals surface area contributed by atoms with Gasteiger partial charge in [-0.3, -0.25) is 4.79 Å². The van der Waals surface area contributed by atoms with Crippen molar-refractivity contribution in [3.63, 3.8) is 0 Å². The monoisotopic (exact) mass is 263 g/mol. The Bertz CT molecular complexity index is 614. The van der Waals surface area contributed by atoms with E-state index >= 15 is 0 Å². The van der Waals surface area contributed by atoms with E-state index < -0.39 is 11.6 Å². The molecule has 1 aromatic carbocycles. The van der Waals surface area contributed by atoms with Gasteiger partial charge in [0.1, 0.15) is 11.4 Å². The number of nitrogens with zero attached hydrogens (tertiary/aromatic N) is 1. The van der Waals surface area contributed by atoms with E-state index in [9.17, 15) is 13.6 Å². The van der Waals surface area contributed by atoms with E-state index in [1.807, 2.05) is 0 Å². The molecule has 98 valence electrons. The average Bonchev–Trinajstić information content (AvgIpc) is 2.43. The summed E-state index contributed by atoms with van der Waals surface area (Å²) in [6.45, 7) is 0. The maximum absolute atomic E-state index is 13.1. The number of aromatic nitrogens is 1. The molecule has 5 heteroatoms. The van der Waals surface area contributed by atoms with Gasteiger partial charge < -0.3 is 4.74 Å². The molecule has 0 bridgehead atoms. The van der Waals surface area contributed by atoms with E-state index in [4.69, 9.17) is 4.74 Å². The van der Waals surface area contributed by atoms with Gasteiger partial charge in [0, 0.05) is 12.6 Å². The summed E-state index contributed by atoms with van der Waals surface area (Å²) in [5, 5.41) is 0. The molecule has 0 saturated carbocycles. The molecule has 0 atom stereocenters.